The first-order valence-corrected chi connectivity index (χ1v) is 9.76. The van der Waals surface area contributed by atoms with Crippen LogP contribution in [0.15, 0.2) is 48.5 Å². The molecule has 2 aliphatic heterocycles. The molecule has 0 atom stereocenters. The monoisotopic (exact) mass is 380 g/mol. The maximum atomic E-state index is 12.9. The fourth-order valence-corrected chi connectivity index (χ4v) is 4.02. The molecule has 2 saturated heterocycles. The van der Waals surface area contributed by atoms with Gasteiger partial charge in [0.05, 0.1) is 4.92 Å². The molecule has 2 heterocycles. The van der Waals surface area contributed by atoms with Crippen LogP contribution in [-0.2, 0) is 0 Å². The maximum Gasteiger partial charge on any atom is 0.293 e. The van der Waals surface area contributed by atoms with Gasteiger partial charge in [-0.25, -0.2) is 0 Å². The van der Waals surface area contributed by atoms with E-state index >= 15 is 0 Å². The Hall–Kier alpha value is -3.09. The third kappa shape index (κ3) is 3.65. The van der Waals surface area contributed by atoms with Crippen LogP contribution < -0.4 is 9.80 Å². The van der Waals surface area contributed by atoms with E-state index in [0.717, 1.165) is 44.7 Å². The fraction of sp³-hybridized carbons (Fsp3) is 0.381. The minimum atomic E-state index is -0.377. The molecule has 2 aliphatic rings. The van der Waals surface area contributed by atoms with E-state index in [1.807, 2.05) is 23.1 Å². The number of hydrogen-bond donors (Lipinski definition) is 0. The number of piperazine rings is 1. The first kappa shape index (κ1) is 18.3. The Bertz CT molecular complexity index is 857. The molecular formula is C21H24N4O3. The summed E-state index contributed by atoms with van der Waals surface area (Å²) in [6.07, 6.45) is 2.09. The van der Waals surface area contributed by atoms with Crippen molar-refractivity contribution in [3.8, 4) is 0 Å². The van der Waals surface area contributed by atoms with Gasteiger partial charge in [-0.15, -0.1) is 0 Å². The number of nitrogens with zero attached hydrogens (tertiary/aromatic N) is 4. The van der Waals surface area contributed by atoms with Crippen LogP contribution in [0, 0.1) is 10.1 Å². The summed E-state index contributed by atoms with van der Waals surface area (Å²) in [7, 11) is 0. The highest BCUT2D eigenvalue weighted by Crippen LogP contribution is 2.32. The second kappa shape index (κ2) is 7.88. The van der Waals surface area contributed by atoms with Crippen LogP contribution in [0.1, 0.15) is 23.2 Å². The molecule has 0 aliphatic carbocycles. The average molecular weight is 380 g/mol. The molecule has 0 bridgehead atoms. The van der Waals surface area contributed by atoms with Crippen molar-refractivity contribution in [3.63, 3.8) is 0 Å². The van der Waals surface area contributed by atoms with Gasteiger partial charge in [0.1, 0.15) is 5.69 Å². The van der Waals surface area contributed by atoms with Crippen molar-refractivity contribution in [1.82, 2.24) is 4.90 Å². The first-order chi connectivity index (χ1) is 13.6. The fourth-order valence-electron chi connectivity index (χ4n) is 4.02. The highest BCUT2D eigenvalue weighted by atomic mass is 16.6. The number of carbonyl (C=O) groups is 1. The molecule has 2 fully saturated rings. The van der Waals surface area contributed by atoms with Crippen LogP contribution in [0.2, 0.25) is 0 Å². The molecule has 7 heteroatoms. The van der Waals surface area contributed by atoms with Gasteiger partial charge < -0.3 is 14.7 Å². The molecule has 0 saturated carbocycles. The zero-order valence-corrected chi connectivity index (χ0v) is 15.8. The minimum absolute atomic E-state index is 0.0238. The lowest BCUT2D eigenvalue weighted by Crippen LogP contribution is -2.48. The third-order valence-corrected chi connectivity index (χ3v) is 5.55. The van der Waals surface area contributed by atoms with Gasteiger partial charge in [-0.05, 0) is 37.1 Å². The normalized spacial score (nSPS) is 17.1. The molecule has 4 rings (SSSR count). The second-order valence-corrected chi connectivity index (χ2v) is 7.27. The van der Waals surface area contributed by atoms with Crippen molar-refractivity contribution in [1.29, 1.82) is 0 Å². The number of nitro benzene ring substituents is 1. The number of carbonyl (C=O) groups excluding carboxylic acids is 1. The SMILES string of the molecule is O=C(c1ccc(N2CCCC2)c([N+](=O)[O-])c1)N1CCN(c2ccccc2)CC1. The number of anilines is 2. The number of amides is 1. The summed E-state index contributed by atoms with van der Waals surface area (Å²) < 4.78 is 0. The second-order valence-electron chi connectivity index (χ2n) is 7.27. The van der Waals surface area contributed by atoms with Crippen LogP contribution in [0.25, 0.3) is 0 Å². The van der Waals surface area contributed by atoms with Crippen molar-refractivity contribution in [2.45, 2.75) is 12.8 Å². The molecule has 2 aromatic carbocycles. The van der Waals surface area contributed by atoms with Crippen molar-refractivity contribution >= 4 is 23.0 Å². The minimum Gasteiger partial charge on any atom is -0.368 e. The van der Waals surface area contributed by atoms with Crippen molar-refractivity contribution in [3.05, 3.63) is 64.2 Å². The summed E-state index contributed by atoms with van der Waals surface area (Å²) in [5.41, 5.74) is 2.19. The Morgan fingerprint density at radius 2 is 1.54 bits per heavy atom. The molecule has 146 valence electrons. The molecule has 0 N–H and O–H groups in total. The number of nitro groups is 1. The van der Waals surface area contributed by atoms with Crippen LogP contribution in [-0.4, -0.2) is 55.0 Å². The van der Waals surface area contributed by atoms with Gasteiger partial charge in [-0.3, -0.25) is 14.9 Å². The smallest absolute Gasteiger partial charge is 0.293 e. The number of rotatable bonds is 4. The molecular weight excluding hydrogens is 356 g/mol. The Balaban J connectivity index is 1.47. The van der Waals surface area contributed by atoms with Gasteiger partial charge in [-0.2, -0.15) is 0 Å². The van der Waals surface area contributed by atoms with Crippen LogP contribution in [0.4, 0.5) is 17.1 Å². The van der Waals surface area contributed by atoms with E-state index in [9.17, 15) is 14.9 Å². The summed E-state index contributed by atoms with van der Waals surface area (Å²) in [5.74, 6) is -0.135. The van der Waals surface area contributed by atoms with E-state index in [-0.39, 0.29) is 16.5 Å². The number of benzene rings is 2. The molecule has 0 radical (unpaired) electrons. The summed E-state index contributed by atoms with van der Waals surface area (Å²) in [6, 6.07) is 15.0. The van der Waals surface area contributed by atoms with E-state index < -0.39 is 0 Å². The van der Waals surface area contributed by atoms with Gasteiger partial charge >= 0.3 is 0 Å². The Kier molecular flexibility index (Phi) is 5.14. The van der Waals surface area contributed by atoms with E-state index in [4.69, 9.17) is 0 Å². The van der Waals surface area contributed by atoms with Crippen LogP contribution in [0.3, 0.4) is 0 Å². The zero-order valence-electron chi connectivity index (χ0n) is 15.8. The highest BCUT2D eigenvalue weighted by Gasteiger charge is 2.27. The zero-order chi connectivity index (χ0) is 19.5. The quantitative estimate of drug-likeness (QED) is 0.602. The van der Waals surface area contributed by atoms with Gasteiger partial charge in [0.25, 0.3) is 11.6 Å². The van der Waals surface area contributed by atoms with Crippen molar-refractivity contribution in [2.24, 2.45) is 0 Å². The highest BCUT2D eigenvalue weighted by molar-refractivity contribution is 5.96. The lowest BCUT2D eigenvalue weighted by atomic mass is 10.1. The van der Waals surface area contributed by atoms with Gasteiger partial charge in [0, 0.05) is 56.6 Å². The Morgan fingerprint density at radius 1 is 0.857 bits per heavy atom. The van der Waals surface area contributed by atoms with E-state index in [1.54, 1.807) is 17.0 Å². The van der Waals surface area contributed by atoms with Gasteiger partial charge in [-0.1, -0.05) is 18.2 Å². The number of hydrogen-bond acceptors (Lipinski definition) is 5. The van der Waals surface area contributed by atoms with E-state index in [1.165, 1.54) is 6.07 Å². The first-order valence-electron chi connectivity index (χ1n) is 9.76. The lowest BCUT2D eigenvalue weighted by molar-refractivity contribution is -0.384. The summed E-state index contributed by atoms with van der Waals surface area (Å²) in [4.78, 5) is 30.2. The van der Waals surface area contributed by atoms with E-state index in [0.29, 0.717) is 24.3 Å². The largest absolute Gasteiger partial charge is 0.368 e. The summed E-state index contributed by atoms with van der Waals surface area (Å²) in [6.45, 7) is 4.38. The average Bonchev–Trinajstić information content (AvgIpc) is 3.28. The molecule has 0 unspecified atom stereocenters. The Labute approximate surface area is 164 Å². The predicted octanol–water partition coefficient (Wildman–Crippen LogP) is 3.16. The molecule has 7 nitrogen and oxygen atoms in total. The molecule has 1 amide bonds. The van der Waals surface area contributed by atoms with Crippen molar-refractivity contribution < 1.29 is 9.72 Å². The molecule has 0 aromatic heterocycles. The van der Waals surface area contributed by atoms with Crippen LogP contribution in [0.5, 0.6) is 0 Å². The van der Waals surface area contributed by atoms with E-state index in [2.05, 4.69) is 17.0 Å². The van der Waals surface area contributed by atoms with Crippen LogP contribution >= 0.6 is 0 Å². The molecule has 0 spiro atoms. The Morgan fingerprint density at radius 3 is 2.18 bits per heavy atom. The third-order valence-electron chi connectivity index (χ3n) is 5.55. The molecule has 28 heavy (non-hydrogen) atoms. The molecule has 2 aromatic rings. The summed E-state index contributed by atoms with van der Waals surface area (Å²) >= 11 is 0. The van der Waals surface area contributed by atoms with Gasteiger partial charge in [0.2, 0.25) is 0 Å². The standard InChI is InChI=1S/C21H24N4O3/c26-21(24-14-12-22(13-15-24)18-6-2-1-3-7-18)17-8-9-19(20(16-17)25(27)28)23-10-4-5-11-23/h1-3,6-9,16H,4-5,10-15H2. The maximum absolute atomic E-state index is 12.9. The lowest BCUT2D eigenvalue weighted by Gasteiger charge is -2.36. The van der Waals surface area contributed by atoms with Crippen molar-refractivity contribution in [2.75, 3.05) is 49.1 Å². The van der Waals surface area contributed by atoms with Gasteiger partial charge in [0.15, 0.2) is 0 Å². The number of para-hydroxylation sites is 1. The predicted molar refractivity (Wildman–Crippen MR) is 109 cm³/mol. The topological polar surface area (TPSA) is 69.9 Å². The summed E-state index contributed by atoms with van der Waals surface area (Å²) in [5, 5.41) is 11.6.